The topological polar surface area (TPSA) is 41.5 Å². The monoisotopic (exact) mass is 265 g/mol. The second-order valence-electron chi connectivity index (χ2n) is 5.31. The maximum atomic E-state index is 9.60. The van der Waals surface area contributed by atoms with E-state index in [-0.39, 0.29) is 18.6 Å². The molecule has 3 heteroatoms. The second kappa shape index (κ2) is 7.51. The molecule has 0 spiro atoms. The van der Waals surface area contributed by atoms with Gasteiger partial charge in [-0.05, 0) is 44.0 Å². The highest BCUT2D eigenvalue weighted by Crippen LogP contribution is 2.30. The van der Waals surface area contributed by atoms with E-state index in [1.165, 1.54) is 5.56 Å². The molecule has 2 atom stereocenters. The van der Waals surface area contributed by atoms with Gasteiger partial charge in [0.2, 0.25) is 0 Å². The summed E-state index contributed by atoms with van der Waals surface area (Å²) >= 11 is 0. The lowest BCUT2D eigenvalue weighted by Crippen LogP contribution is -2.31. The lowest BCUT2D eigenvalue weighted by Gasteiger charge is -2.29. The minimum Gasteiger partial charge on any atom is -0.494 e. The van der Waals surface area contributed by atoms with Gasteiger partial charge in [-0.2, -0.15) is 0 Å². The summed E-state index contributed by atoms with van der Waals surface area (Å²) in [6.45, 7) is 9.21. The first-order valence-electron chi connectivity index (χ1n) is 7.06. The smallest absolute Gasteiger partial charge is 0.122 e. The molecule has 0 aliphatic carbocycles. The summed E-state index contributed by atoms with van der Waals surface area (Å²) in [5.74, 6) is 1.57. The Morgan fingerprint density at radius 1 is 1.32 bits per heavy atom. The third-order valence-electron chi connectivity index (χ3n) is 3.66. The summed E-state index contributed by atoms with van der Waals surface area (Å²) in [6.07, 6.45) is 0. The molecule has 1 rings (SSSR count). The van der Waals surface area contributed by atoms with Crippen LogP contribution in [0, 0.1) is 18.8 Å². The molecule has 108 valence electrons. The summed E-state index contributed by atoms with van der Waals surface area (Å²) in [5, 5.41) is 12.9. The molecular weight excluding hydrogens is 238 g/mol. The van der Waals surface area contributed by atoms with Crippen molar-refractivity contribution in [1.29, 1.82) is 0 Å². The Morgan fingerprint density at radius 2 is 2.00 bits per heavy atom. The van der Waals surface area contributed by atoms with Crippen LogP contribution in [0.1, 0.15) is 37.9 Å². The molecule has 0 aliphatic heterocycles. The fourth-order valence-electron chi connectivity index (χ4n) is 2.51. The lowest BCUT2D eigenvalue weighted by molar-refractivity contribution is 0.154. The van der Waals surface area contributed by atoms with Gasteiger partial charge >= 0.3 is 0 Å². The lowest BCUT2D eigenvalue weighted by atomic mass is 9.84. The maximum absolute atomic E-state index is 9.60. The number of hydrogen-bond acceptors (Lipinski definition) is 3. The molecule has 2 N–H and O–H groups in total. The molecule has 1 aromatic carbocycles. The third-order valence-corrected chi connectivity index (χ3v) is 3.66. The first kappa shape index (κ1) is 16.0. The Kier molecular flexibility index (Phi) is 6.32. The van der Waals surface area contributed by atoms with Crippen LogP contribution in [-0.2, 0) is 0 Å². The van der Waals surface area contributed by atoms with Crippen LogP contribution in [0.5, 0.6) is 5.75 Å². The van der Waals surface area contributed by atoms with Gasteiger partial charge in [0, 0.05) is 18.6 Å². The quantitative estimate of drug-likeness (QED) is 0.796. The van der Waals surface area contributed by atoms with E-state index in [2.05, 4.69) is 38.2 Å². The van der Waals surface area contributed by atoms with E-state index in [1.807, 2.05) is 20.0 Å². The van der Waals surface area contributed by atoms with Crippen LogP contribution < -0.4 is 10.1 Å². The van der Waals surface area contributed by atoms with E-state index >= 15 is 0 Å². The average molecular weight is 265 g/mol. The van der Waals surface area contributed by atoms with Crippen molar-refractivity contribution in [3.8, 4) is 5.75 Å². The highest BCUT2D eigenvalue weighted by Gasteiger charge is 2.24. The molecule has 0 fully saturated rings. The fraction of sp³-hybridized carbons (Fsp3) is 0.625. The molecule has 0 bridgehead atoms. The van der Waals surface area contributed by atoms with Gasteiger partial charge in [0.05, 0.1) is 6.61 Å². The molecule has 3 nitrogen and oxygen atoms in total. The summed E-state index contributed by atoms with van der Waals surface area (Å²) in [5.41, 5.74) is 2.34. The van der Waals surface area contributed by atoms with E-state index in [1.54, 1.807) is 0 Å². The van der Waals surface area contributed by atoms with Gasteiger partial charge in [-0.3, -0.25) is 0 Å². The zero-order chi connectivity index (χ0) is 14.4. The average Bonchev–Trinajstić information content (AvgIpc) is 2.38. The first-order chi connectivity index (χ1) is 9.04. The number of benzene rings is 1. The van der Waals surface area contributed by atoms with Crippen LogP contribution in [0.2, 0.25) is 0 Å². The van der Waals surface area contributed by atoms with Crippen molar-refractivity contribution in [2.24, 2.45) is 11.8 Å². The molecule has 2 unspecified atom stereocenters. The van der Waals surface area contributed by atoms with Gasteiger partial charge in [0.25, 0.3) is 0 Å². The van der Waals surface area contributed by atoms with Gasteiger partial charge in [-0.1, -0.05) is 26.0 Å². The zero-order valence-electron chi connectivity index (χ0n) is 12.7. The summed E-state index contributed by atoms with van der Waals surface area (Å²) < 4.78 is 5.57. The number of ether oxygens (including phenoxy) is 1. The van der Waals surface area contributed by atoms with Crippen molar-refractivity contribution in [2.45, 2.75) is 33.7 Å². The molecule has 0 radical (unpaired) electrons. The molecule has 0 aromatic heterocycles. The highest BCUT2D eigenvalue weighted by atomic mass is 16.5. The van der Waals surface area contributed by atoms with Crippen molar-refractivity contribution >= 4 is 0 Å². The van der Waals surface area contributed by atoms with Crippen LogP contribution in [0.3, 0.4) is 0 Å². The van der Waals surface area contributed by atoms with Crippen molar-refractivity contribution in [3.63, 3.8) is 0 Å². The minimum atomic E-state index is 0.166. The van der Waals surface area contributed by atoms with Crippen molar-refractivity contribution in [1.82, 2.24) is 5.32 Å². The number of aliphatic hydroxyl groups excluding tert-OH is 1. The van der Waals surface area contributed by atoms with Crippen LogP contribution >= 0.6 is 0 Å². The number of rotatable bonds is 7. The van der Waals surface area contributed by atoms with Gasteiger partial charge in [-0.15, -0.1) is 0 Å². The van der Waals surface area contributed by atoms with E-state index in [0.29, 0.717) is 12.5 Å². The van der Waals surface area contributed by atoms with E-state index in [0.717, 1.165) is 11.3 Å². The molecule has 0 aliphatic rings. The Bertz CT molecular complexity index is 390. The van der Waals surface area contributed by atoms with Gasteiger partial charge in [-0.25, -0.2) is 0 Å². The molecular formula is C16H27NO2. The van der Waals surface area contributed by atoms with E-state index in [9.17, 15) is 5.11 Å². The predicted octanol–water partition coefficient (Wildman–Crippen LogP) is 2.92. The Hall–Kier alpha value is -1.06. The van der Waals surface area contributed by atoms with Gasteiger partial charge in [0.15, 0.2) is 0 Å². The normalized spacial score (nSPS) is 14.5. The largest absolute Gasteiger partial charge is 0.494 e. The first-order valence-corrected chi connectivity index (χ1v) is 7.06. The van der Waals surface area contributed by atoms with Gasteiger partial charge in [0.1, 0.15) is 5.75 Å². The SMILES string of the molecule is CCOc1ccc(C(NC)C(CO)C(C)C)cc1C. The zero-order valence-corrected chi connectivity index (χ0v) is 12.7. The number of hydrogen-bond donors (Lipinski definition) is 2. The predicted molar refractivity (Wildman–Crippen MR) is 79.6 cm³/mol. The van der Waals surface area contributed by atoms with Crippen molar-refractivity contribution in [3.05, 3.63) is 29.3 Å². The molecule has 0 heterocycles. The van der Waals surface area contributed by atoms with Gasteiger partial charge < -0.3 is 15.2 Å². The van der Waals surface area contributed by atoms with Crippen LogP contribution in [-0.4, -0.2) is 25.4 Å². The molecule has 0 saturated heterocycles. The fourth-order valence-corrected chi connectivity index (χ4v) is 2.51. The van der Waals surface area contributed by atoms with Crippen molar-refractivity contribution in [2.75, 3.05) is 20.3 Å². The number of aryl methyl sites for hydroxylation is 1. The van der Waals surface area contributed by atoms with Crippen LogP contribution in [0.25, 0.3) is 0 Å². The maximum Gasteiger partial charge on any atom is 0.122 e. The van der Waals surface area contributed by atoms with Crippen molar-refractivity contribution < 1.29 is 9.84 Å². The van der Waals surface area contributed by atoms with E-state index in [4.69, 9.17) is 4.74 Å². The Morgan fingerprint density at radius 3 is 2.42 bits per heavy atom. The Balaban J connectivity index is 3.02. The Labute approximate surface area is 117 Å². The number of aliphatic hydroxyl groups is 1. The van der Waals surface area contributed by atoms with Crippen LogP contribution in [0.4, 0.5) is 0 Å². The molecule has 0 amide bonds. The van der Waals surface area contributed by atoms with Crippen LogP contribution in [0.15, 0.2) is 18.2 Å². The number of nitrogens with one attached hydrogen (secondary N) is 1. The standard InChI is InChI=1S/C16H27NO2/c1-6-19-15-8-7-13(9-12(15)4)16(17-5)14(10-18)11(2)3/h7-9,11,14,16-18H,6,10H2,1-5H3. The summed E-state index contributed by atoms with van der Waals surface area (Å²) in [6, 6.07) is 6.42. The third kappa shape index (κ3) is 3.95. The van der Waals surface area contributed by atoms with E-state index < -0.39 is 0 Å². The summed E-state index contributed by atoms with van der Waals surface area (Å²) in [7, 11) is 1.95. The summed E-state index contributed by atoms with van der Waals surface area (Å²) in [4.78, 5) is 0. The second-order valence-corrected chi connectivity index (χ2v) is 5.31. The molecule has 19 heavy (non-hydrogen) atoms. The minimum absolute atomic E-state index is 0.166. The highest BCUT2D eigenvalue weighted by molar-refractivity contribution is 5.37. The molecule has 0 saturated carbocycles. The molecule has 1 aromatic rings.